The lowest BCUT2D eigenvalue weighted by molar-refractivity contribution is 0.00578. The largest absolute Gasteiger partial charge is 0.498 e. The zero-order valence-electron chi connectivity index (χ0n) is 18.6. The average Bonchev–Trinajstić information content (AvgIpc) is 2.96. The molecule has 0 unspecified atom stereocenters. The fourth-order valence-electron chi connectivity index (χ4n) is 3.34. The Balaban J connectivity index is 1.71. The van der Waals surface area contributed by atoms with Crippen molar-refractivity contribution in [3.05, 3.63) is 76.8 Å². The highest BCUT2D eigenvalue weighted by Gasteiger charge is 2.52. The first-order chi connectivity index (χ1) is 14.7. The highest BCUT2D eigenvalue weighted by Crippen LogP contribution is 2.37. The summed E-state index contributed by atoms with van der Waals surface area (Å²) in [6, 6.07) is 17.5. The first-order valence-electron chi connectivity index (χ1n) is 10.4. The number of aryl methyl sites for hydroxylation is 1. The van der Waals surface area contributed by atoms with Crippen LogP contribution in [0.5, 0.6) is 5.75 Å². The van der Waals surface area contributed by atoms with Crippen LogP contribution in [0.2, 0.25) is 0 Å². The van der Waals surface area contributed by atoms with Gasteiger partial charge in [-0.3, -0.25) is 0 Å². The lowest BCUT2D eigenvalue weighted by Gasteiger charge is -2.32. The Morgan fingerprint density at radius 3 is 2.32 bits per heavy atom. The molecule has 31 heavy (non-hydrogen) atoms. The van der Waals surface area contributed by atoms with Crippen molar-refractivity contribution in [3.8, 4) is 17.0 Å². The van der Waals surface area contributed by atoms with Crippen molar-refractivity contribution in [2.45, 2.75) is 45.5 Å². The quantitative estimate of drug-likeness (QED) is 0.595. The molecule has 2 aromatic carbocycles. The van der Waals surface area contributed by atoms with Crippen LogP contribution in [0.3, 0.4) is 0 Å². The molecule has 0 amide bonds. The van der Waals surface area contributed by atoms with E-state index in [1.165, 1.54) is 4.57 Å². The van der Waals surface area contributed by atoms with Gasteiger partial charge in [0.1, 0.15) is 12.4 Å². The van der Waals surface area contributed by atoms with Crippen molar-refractivity contribution in [2.24, 2.45) is 7.05 Å². The van der Waals surface area contributed by atoms with E-state index >= 15 is 0 Å². The van der Waals surface area contributed by atoms with Gasteiger partial charge in [-0.1, -0.05) is 42.5 Å². The van der Waals surface area contributed by atoms with Crippen LogP contribution in [0.15, 0.2) is 65.6 Å². The number of hydrogen-bond donors (Lipinski definition) is 0. The first-order valence-corrected chi connectivity index (χ1v) is 10.4. The fourth-order valence-corrected chi connectivity index (χ4v) is 3.34. The molecule has 1 aliphatic heterocycles. The van der Waals surface area contributed by atoms with Gasteiger partial charge in [-0.15, -0.1) is 0 Å². The van der Waals surface area contributed by atoms with Gasteiger partial charge in [0.2, 0.25) is 0 Å². The van der Waals surface area contributed by atoms with Gasteiger partial charge in [0.05, 0.1) is 16.9 Å². The van der Waals surface area contributed by atoms with Gasteiger partial charge < -0.3 is 18.6 Å². The number of rotatable bonds is 5. The molecule has 0 N–H and O–H groups in total. The van der Waals surface area contributed by atoms with Crippen LogP contribution in [-0.4, -0.2) is 27.9 Å². The number of hydrogen-bond acceptors (Lipinski definition) is 5. The predicted octanol–water partition coefficient (Wildman–Crippen LogP) is 3.33. The summed E-state index contributed by atoms with van der Waals surface area (Å²) in [5, 5.41) is 0. The highest BCUT2D eigenvalue weighted by molar-refractivity contribution is 6.63. The van der Waals surface area contributed by atoms with Gasteiger partial charge >= 0.3 is 12.8 Å². The van der Waals surface area contributed by atoms with Crippen molar-refractivity contribution < 1.29 is 14.0 Å². The second-order valence-electron chi connectivity index (χ2n) is 8.82. The lowest BCUT2D eigenvalue weighted by atomic mass is 9.77. The molecule has 0 bridgehead atoms. The summed E-state index contributed by atoms with van der Waals surface area (Å²) in [4.78, 5) is 16.2. The number of aromatic nitrogens is 2. The van der Waals surface area contributed by atoms with Crippen molar-refractivity contribution in [1.29, 1.82) is 0 Å². The van der Waals surface area contributed by atoms with Crippen LogP contribution >= 0.6 is 0 Å². The maximum Gasteiger partial charge on any atom is 0.498 e. The second kappa shape index (κ2) is 7.98. The van der Waals surface area contributed by atoms with Crippen LogP contribution < -0.4 is 15.9 Å². The monoisotopic (exact) mass is 418 g/mol. The van der Waals surface area contributed by atoms with E-state index < -0.39 is 18.3 Å². The van der Waals surface area contributed by atoms with Crippen molar-refractivity contribution in [1.82, 2.24) is 9.55 Å². The smallest absolute Gasteiger partial charge is 0.489 e. The van der Waals surface area contributed by atoms with E-state index in [0.29, 0.717) is 18.1 Å². The Bertz CT molecular complexity index is 1130. The third-order valence-electron chi connectivity index (χ3n) is 6.03. The summed E-state index contributed by atoms with van der Waals surface area (Å²) >= 11 is 0. The Morgan fingerprint density at radius 1 is 1.00 bits per heavy atom. The summed E-state index contributed by atoms with van der Waals surface area (Å²) < 4.78 is 20.2. The van der Waals surface area contributed by atoms with Crippen molar-refractivity contribution in [2.75, 3.05) is 0 Å². The molecule has 0 spiro atoms. The summed E-state index contributed by atoms with van der Waals surface area (Å²) in [7, 11) is 1.12. The lowest BCUT2D eigenvalue weighted by Crippen LogP contribution is -2.41. The zero-order chi connectivity index (χ0) is 22.2. The van der Waals surface area contributed by atoms with Crippen LogP contribution in [0.1, 0.15) is 33.3 Å². The Labute approximate surface area is 183 Å². The third kappa shape index (κ3) is 4.29. The maximum absolute atomic E-state index is 12.0. The molecule has 1 saturated heterocycles. The fraction of sp³-hybridized carbons (Fsp3) is 0.333. The van der Waals surface area contributed by atoms with Crippen LogP contribution in [-0.2, 0) is 23.0 Å². The van der Waals surface area contributed by atoms with E-state index in [1.807, 2.05) is 82.3 Å². The molecule has 4 rings (SSSR count). The molecule has 7 heteroatoms. The van der Waals surface area contributed by atoms with Crippen molar-refractivity contribution in [3.63, 3.8) is 0 Å². The topological polar surface area (TPSA) is 62.6 Å². The predicted molar refractivity (Wildman–Crippen MR) is 121 cm³/mol. The third-order valence-corrected chi connectivity index (χ3v) is 6.03. The minimum absolute atomic E-state index is 0.306. The normalized spacial score (nSPS) is 17.0. The average molecular weight is 418 g/mol. The summed E-state index contributed by atoms with van der Waals surface area (Å²) in [6.45, 7) is 8.50. The molecule has 1 aromatic heterocycles. The molecular weight excluding hydrogens is 391 g/mol. The summed E-state index contributed by atoms with van der Waals surface area (Å²) in [5.41, 5.74) is 2.02. The standard InChI is InChI=1S/C24H27BN2O4/c1-23(2)24(3,4)31-25(30-23)19-12-11-18(20-13-14-27(5)22(28)26-20)15-21(19)29-16-17-9-7-6-8-10-17/h6-15H,16H2,1-5H3. The van der Waals surface area contributed by atoms with E-state index in [0.717, 1.165) is 16.6 Å². The molecule has 3 aromatic rings. The van der Waals surface area contributed by atoms with Crippen LogP contribution in [0, 0.1) is 0 Å². The van der Waals surface area contributed by atoms with Crippen molar-refractivity contribution >= 4 is 12.6 Å². The Hall–Kier alpha value is -2.90. The van der Waals surface area contributed by atoms with E-state index in [9.17, 15) is 4.79 Å². The van der Waals surface area contributed by atoms with Gasteiger partial charge in [0.15, 0.2) is 0 Å². The number of benzene rings is 2. The molecule has 1 aliphatic rings. The summed E-state index contributed by atoms with van der Waals surface area (Å²) in [5.74, 6) is 0.641. The molecule has 0 aliphatic carbocycles. The molecule has 6 nitrogen and oxygen atoms in total. The second-order valence-corrected chi connectivity index (χ2v) is 8.82. The first kappa shape index (κ1) is 21.3. The molecule has 0 atom stereocenters. The summed E-state index contributed by atoms with van der Waals surface area (Å²) in [6.07, 6.45) is 1.71. The minimum Gasteiger partial charge on any atom is -0.489 e. The molecule has 0 radical (unpaired) electrons. The highest BCUT2D eigenvalue weighted by atomic mass is 16.7. The zero-order valence-corrected chi connectivity index (χ0v) is 18.6. The Morgan fingerprint density at radius 2 is 1.68 bits per heavy atom. The van der Waals surface area contributed by atoms with Crippen LogP contribution in [0.4, 0.5) is 0 Å². The molecule has 160 valence electrons. The van der Waals surface area contributed by atoms with Gasteiger partial charge in [0, 0.05) is 24.3 Å². The van der Waals surface area contributed by atoms with Gasteiger partial charge in [0.25, 0.3) is 0 Å². The number of nitrogens with zero attached hydrogens (tertiary/aromatic N) is 2. The van der Waals surface area contributed by atoms with E-state index in [4.69, 9.17) is 14.0 Å². The SMILES string of the molecule is Cn1ccc(-c2ccc(B3OC(C)(C)C(C)(C)O3)c(OCc3ccccc3)c2)nc1=O. The minimum atomic E-state index is -0.554. The molecular formula is C24H27BN2O4. The molecule has 0 saturated carbocycles. The molecule has 2 heterocycles. The van der Waals surface area contributed by atoms with E-state index in [1.54, 1.807) is 13.2 Å². The van der Waals surface area contributed by atoms with E-state index in [-0.39, 0.29) is 5.69 Å². The molecule has 1 fully saturated rings. The van der Waals surface area contributed by atoms with Gasteiger partial charge in [-0.05, 0) is 45.4 Å². The van der Waals surface area contributed by atoms with Gasteiger partial charge in [-0.25, -0.2) is 4.79 Å². The Kier molecular flexibility index (Phi) is 5.50. The maximum atomic E-state index is 12.0. The van der Waals surface area contributed by atoms with Gasteiger partial charge in [-0.2, -0.15) is 4.98 Å². The van der Waals surface area contributed by atoms with E-state index in [2.05, 4.69) is 4.98 Å². The number of ether oxygens (including phenoxy) is 1. The van der Waals surface area contributed by atoms with Crippen LogP contribution in [0.25, 0.3) is 11.3 Å².